The average Bonchev–Trinajstić information content (AvgIpc) is 3.25. The summed E-state index contributed by atoms with van der Waals surface area (Å²) in [6.45, 7) is 2.24. The Morgan fingerprint density at radius 3 is 2.63 bits per heavy atom. The second kappa shape index (κ2) is 8.41. The molecule has 3 rings (SSSR count). The molecular weight excluding hydrogens is 350 g/mol. The largest absolute Gasteiger partial charge is 0.489 e. The molecule has 1 saturated carbocycles. The number of hydrogen-bond acceptors (Lipinski definition) is 2. The number of rotatable bonds is 8. The summed E-state index contributed by atoms with van der Waals surface area (Å²) >= 11 is 0. The van der Waals surface area contributed by atoms with Crippen molar-refractivity contribution >= 4 is 5.97 Å². The molecule has 0 aromatic heterocycles. The van der Waals surface area contributed by atoms with Crippen molar-refractivity contribution in [1.29, 1.82) is 0 Å². The fourth-order valence-corrected chi connectivity index (χ4v) is 4.42. The molecule has 0 unspecified atom stereocenters. The van der Waals surface area contributed by atoms with Gasteiger partial charge < -0.3 is 9.84 Å². The SMILES string of the molecule is CCc1cc(OCC2=C(C3CCCC3)CC(F)(F)C2)ccc1CCC(=O)O. The van der Waals surface area contributed by atoms with Gasteiger partial charge in [-0.2, -0.15) is 0 Å². The Balaban J connectivity index is 1.69. The molecule has 0 saturated heterocycles. The Morgan fingerprint density at radius 2 is 1.96 bits per heavy atom. The first kappa shape index (κ1) is 19.8. The maximum atomic E-state index is 14.0. The smallest absolute Gasteiger partial charge is 0.303 e. The number of alkyl halides is 2. The molecule has 1 aromatic rings. The molecule has 1 N–H and O–H groups in total. The molecule has 3 nitrogen and oxygen atoms in total. The maximum absolute atomic E-state index is 14.0. The molecule has 0 spiro atoms. The number of carboxylic acids is 1. The van der Waals surface area contributed by atoms with Gasteiger partial charge in [-0.1, -0.05) is 31.4 Å². The molecule has 0 amide bonds. The monoisotopic (exact) mass is 378 g/mol. The zero-order valence-corrected chi connectivity index (χ0v) is 15.9. The van der Waals surface area contributed by atoms with E-state index in [2.05, 4.69) is 0 Å². The highest BCUT2D eigenvalue weighted by molar-refractivity contribution is 5.67. The van der Waals surface area contributed by atoms with Crippen LogP contribution in [-0.2, 0) is 17.6 Å². The van der Waals surface area contributed by atoms with Gasteiger partial charge >= 0.3 is 5.97 Å². The second-order valence-electron chi connectivity index (χ2n) is 7.79. The minimum atomic E-state index is -2.63. The molecule has 0 atom stereocenters. The van der Waals surface area contributed by atoms with Crippen LogP contribution in [0.1, 0.15) is 63.0 Å². The minimum absolute atomic E-state index is 0.0971. The predicted octanol–water partition coefficient (Wildman–Crippen LogP) is 5.56. The number of carbonyl (C=O) groups is 1. The van der Waals surface area contributed by atoms with Crippen LogP contribution in [-0.4, -0.2) is 23.6 Å². The highest BCUT2D eigenvalue weighted by Crippen LogP contribution is 2.46. The van der Waals surface area contributed by atoms with Crippen LogP contribution >= 0.6 is 0 Å². The maximum Gasteiger partial charge on any atom is 0.303 e. The fourth-order valence-electron chi connectivity index (χ4n) is 4.42. The summed E-state index contributed by atoms with van der Waals surface area (Å²) in [5.41, 5.74) is 3.77. The Kier molecular flexibility index (Phi) is 6.18. The van der Waals surface area contributed by atoms with E-state index in [0.717, 1.165) is 54.4 Å². The summed E-state index contributed by atoms with van der Waals surface area (Å²) < 4.78 is 33.9. The van der Waals surface area contributed by atoms with Gasteiger partial charge in [0.25, 0.3) is 5.92 Å². The lowest BCUT2D eigenvalue weighted by atomic mass is 9.94. The lowest BCUT2D eigenvalue weighted by Crippen LogP contribution is -2.12. The highest BCUT2D eigenvalue weighted by Gasteiger charge is 2.41. The molecular formula is C22H28F2O3. The third kappa shape index (κ3) is 5.08. The fraction of sp³-hybridized carbons (Fsp3) is 0.591. The van der Waals surface area contributed by atoms with Crippen LogP contribution in [0.15, 0.2) is 29.3 Å². The lowest BCUT2D eigenvalue weighted by molar-refractivity contribution is -0.136. The van der Waals surface area contributed by atoms with E-state index in [1.165, 1.54) is 0 Å². The molecule has 2 aliphatic rings. The number of hydrogen-bond donors (Lipinski definition) is 1. The standard InChI is InChI=1S/C22H28F2O3/c1-2-15-11-19(9-7-16(15)8-10-21(25)26)27-14-18-12-22(23,24)13-20(18)17-5-3-4-6-17/h7,9,11,17H,2-6,8,10,12-14H2,1H3,(H,25,26). The van der Waals surface area contributed by atoms with Crippen molar-refractivity contribution in [2.24, 2.45) is 5.92 Å². The van der Waals surface area contributed by atoms with E-state index in [4.69, 9.17) is 9.84 Å². The number of ether oxygens (including phenoxy) is 1. The number of halogens is 2. The number of benzene rings is 1. The summed E-state index contributed by atoms with van der Waals surface area (Å²) in [6.07, 6.45) is 5.38. The molecule has 0 radical (unpaired) electrons. The van der Waals surface area contributed by atoms with Gasteiger partial charge in [0, 0.05) is 19.3 Å². The van der Waals surface area contributed by atoms with Crippen LogP contribution in [0.3, 0.4) is 0 Å². The first-order valence-electron chi connectivity index (χ1n) is 9.93. The molecule has 5 heteroatoms. The first-order chi connectivity index (χ1) is 12.9. The van der Waals surface area contributed by atoms with Crippen LogP contribution in [0.2, 0.25) is 0 Å². The molecule has 0 aliphatic heterocycles. The van der Waals surface area contributed by atoms with Gasteiger partial charge in [-0.3, -0.25) is 4.79 Å². The van der Waals surface area contributed by atoms with Crippen molar-refractivity contribution < 1.29 is 23.4 Å². The zero-order valence-electron chi connectivity index (χ0n) is 15.9. The van der Waals surface area contributed by atoms with E-state index < -0.39 is 11.9 Å². The number of aliphatic carboxylic acids is 1. The van der Waals surface area contributed by atoms with Gasteiger partial charge in [-0.25, -0.2) is 8.78 Å². The summed E-state index contributed by atoms with van der Waals surface area (Å²) in [7, 11) is 0. The third-order valence-electron chi connectivity index (χ3n) is 5.80. The van der Waals surface area contributed by atoms with Gasteiger partial charge in [-0.15, -0.1) is 0 Å². The Bertz CT molecular complexity index is 718. The number of aryl methyl sites for hydroxylation is 2. The molecule has 1 fully saturated rings. The first-order valence-corrected chi connectivity index (χ1v) is 9.93. The second-order valence-corrected chi connectivity index (χ2v) is 7.79. The van der Waals surface area contributed by atoms with Crippen LogP contribution in [0.4, 0.5) is 8.78 Å². The summed E-state index contributed by atoms with van der Waals surface area (Å²) in [4.78, 5) is 10.8. The van der Waals surface area contributed by atoms with Gasteiger partial charge in [0.1, 0.15) is 12.4 Å². The molecule has 0 heterocycles. The average molecular weight is 378 g/mol. The highest BCUT2D eigenvalue weighted by atomic mass is 19.3. The van der Waals surface area contributed by atoms with E-state index in [0.29, 0.717) is 18.1 Å². The molecule has 27 heavy (non-hydrogen) atoms. The molecule has 0 bridgehead atoms. The minimum Gasteiger partial charge on any atom is -0.489 e. The lowest BCUT2D eigenvalue weighted by Gasteiger charge is -2.15. The Morgan fingerprint density at radius 1 is 1.22 bits per heavy atom. The Hall–Kier alpha value is -1.91. The van der Waals surface area contributed by atoms with Gasteiger partial charge in [0.15, 0.2) is 0 Å². The molecule has 148 valence electrons. The zero-order chi connectivity index (χ0) is 19.4. The van der Waals surface area contributed by atoms with Crippen molar-refractivity contribution in [3.05, 3.63) is 40.5 Å². The third-order valence-corrected chi connectivity index (χ3v) is 5.80. The van der Waals surface area contributed by atoms with Crippen molar-refractivity contribution in [2.45, 2.75) is 70.6 Å². The van der Waals surface area contributed by atoms with Crippen molar-refractivity contribution in [2.75, 3.05) is 6.61 Å². The van der Waals surface area contributed by atoms with Crippen LogP contribution in [0.5, 0.6) is 5.75 Å². The summed E-state index contributed by atoms with van der Waals surface area (Å²) in [5.74, 6) is -2.47. The summed E-state index contributed by atoms with van der Waals surface area (Å²) in [5, 5.41) is 8.86. The van der Waals surface area contributed by atoms with Crippen LogP contribution in [0, 0.1) is 5.92 Å². The van der Waals surface area contributed by atoms with Crippen LogP contribution in [0.25, 0.3) is 0 Å². The van der Waals surface area contributed by atoms with Gasteiger partial charge in [0.2, 0.25) is 0 Å². The van der Waals surface area contributed by atoms with E-state index in [9.17, 15) is 13.6 Å². The van der Waals surface area contributed by atoms with Crippen molar-refractivity contribution in [3.8, 4) is 5.75 Å². The van der Waals surface area contributed by atoms with Gasteiger partial charge in [-0.05, 0) is 60.4 Å². The van der Waals surface area contributed by atoms with Crippen molar-refractivity contribution in [1.82, 2.24) is 0 Å². The van der Waals surface area contributed by atoms with E-state index in [1.807, 2.05) is 25.1 Å². The normalized spacial score (nSPS) is 19.7. The number of allylic oxidation sites excluding steroid dienone is 1. The molecule has 1 aromatic carbocycles. The van der Waals surface area contributed by atoms with Crippen molar-refractivity contribution in [3.63, 3.8) is 0 Å². The quantitative estimate of drug-likeness (QED) is 0.602. The van der Waals surface area contributed by atoms with Crippen LogP contribution < -0.4 is 4.74 Å². The summed E-state index contributed by atoms with van der Waals surface area (Å²) in [6, 6.07) is 5.63. The van der Waals surface area contributed by atoms with Gasteiger partial charge in [0.05, 0.1) is 0 Å². The predicted molar refractivity (Wildman–Crippen MR) is 100 cm³/mol. The van der Waals surface area contributed by atoms with E-state index in [-0.39, 0.29) is 25.9 Å². The van der Waals surface area contributed by atoms with E-state index >= 15 is 0 Å². The molecule has 2 aliphatic carbocycles. The van der Waals surface area contributed by atoms with E-state index in [1.54, 1.807) is 0 Å². The Labute approximate surface area is 159 Å². The number of carboxylic acid groups (broad SMARTS) is 1. The topological polar surface area (TPSA) is 46.5 Å².